The average molecular weight is 466 g/mol. The predicted octanol–water partition coefficient (Wildman–Crippen LogP) is 2.82. The minimum absolute atomic E-state index is 0.000564. The first-order valence-corrected chi connectivity index (χ1v) is 11.8. The van der Waals surface area contributed by atoms with Gasteiger partial charge in [0.05, 0.1) is 17.5 Å². The second-order valence-corrected chi connectivity index (χ2v) is 9.83. The molecule has 0 unspecified atom stereocenters. The van der Waals surface area contributed by atoms with Crippen LogP contribution in [-0.2, 0) is 10.0 Å². The minimum atomic E-state index is -3.23. The SMILES string of the molecule is CN(C1CCN(c2ncc3ncnc(Nc4ccc(F)c(Cl)c4)c3n2)CC1)S(C)(=O)=O. The van der Waals surface area contributed by atoms with E-state index in [-0.39, 0.29) is 11.1 Å². The fourth-order valence-corrected chi connectivity index (χ4v) is 4.43. The van der Waals surface area contributed by atoms with Crippen molar-refractivity contribution in [2.45, 2.75) is 18.9 Å². The highest BCUT2D eigenvalue weighted by atomic mass is 35.5. The molecule has 31 heavy (non-hydrogen) atoms. The minimum Gasteiger partial charge on any atom is -0.341 e. The van der Waals surface area contributed by atoms with E-state index in [9.17, 15) is 12.8 Å². The summed E-state index contributed by atoms with van der Waals surface area (Å²) in [6, 6.07) is 4.25. The Hall–Kier alpha value is -2.63. The molecule has 1 saturated heterocycles. The molecule has 1 aliphatic rings. The maximum absolute atomic E-state index is 13.4. The van der Waals surface area contributed by atoms with Gasteiger partial charge in [0, 0.05) is 31.9 Å². The van der Waals surface area contributed by atoms with Gasteiger partial charge in [-0.1, -0.05) is 11.6 Å². The number of piperidine rings is 1. The van der Waals surface area contributed by atoms with Gasteiger partial charge in [0.15, 0.2) is 5.82 Å². The summed E-state index contributed by atoms with van der Waals surface area (Å²) < 4.78 is 38.5. The lowest BCUT2D eigenvalue weighted by molar-refractivity contribution is 0.313. The van der Waals surface area contributed by atoms with E-state index in [1.165, 1.54) is 29.0 Å². The zero-order valence-electron chi connectivity index (χ0n) is 17.0. The average Bonchev–Trinajstić information content (AvgIpc) is 2.75. The van der Waals surface area contributed by atoms with Crippen LogP contribution in [-0.4, -0.2) is 65.1 Å². The van der Waals surface area contributed by atoms with Crippen molar-refractivity contribution >= 4 is 50.1 Å². The van der Waals surface area contributed by atoms with Crippen LogP contribution in [0.1, 0.15) is 12.8 Å². The molecule has 2 aromatic heterocycles. The molecule has 0 spiro atoms. The van der Waals surface area contributed by atoms with Crippen LogP contribution >= 0.6 is 11.6 Å². The number of nitrogens with zero attached hydrogens (tertiary/aromatic N) is 6. The standard InChI is InChI=1S/C19H21ClFN7O2S/c1-27(31(2,29)30)13-5-7-28(8-6-13)19-22-10-16-17(26-19)18(24-11-23-16)25-12-3-4-15(21)14(20)9-12/h3-4,9-11,13H,5-8H2,1-2H3,(H,23,24,25). The summed E-state index contributed by atoms with van der Waals surface area (Å²) >= 11 is 5.87. The first-order chi connectivity index (χ1) is 14.7. The normalized spacial score (nSPS) is 15.6. The molecular weight excluding hydrogens is 445 g/mol. The molecule has 0 aliphatic carbocycles. The number of anilines is 3. The number of nitrogens with one attached hydrogen (secondary N) is 1. The van der Waals surface area contributed by atoms with Crippen LogP contribution in [0.2, 0.25) is 5.02 Å². The second-order valence-electron chi connectivity index (χ2n) is 7.38. The lowest BCUT2D eigenvalue weighted by Gasteiger charge is -2.35. The van der Waals surface area contributed by atoms with Crippen LogP contribution in [0.25, 0.3) is 11.0 Å². The summed E-state index contributed by atoms with van der Waals surface area (Å²) in [5, 5.41) is 3.10. The van der Waals surface area contributed by atoms with Crippen LogP contribution in [0.5, 0.6) is 0 Å². The number of fused-ring (bicyclic) bond motifs is 1. The van der Waals surface area contributed by atoms with E-state index in [1.807, 2.05) is 4.90 Å². The fourth-order valence-electron chi connectivity index (χ4n) is 3.50. The van der Waals surface area contributed by atoms with E-state index in [1.54, 1.807) is 19.3 Å². The Balaban J connectivity index is 1.57. The first-order valence-electron chi connectivity index (χ1n) is 9.60. The van der Waals surface area contributed by atoms with E-state index < -0.39 is 15.8 Å². The lowest BCUT2D eigenvalue weighted by Crippen LogP contribution is -2.45. The molecule has 164 valence electrons. The third-order valence-corrected chi connectivity index (χ3v) is 6.97. The summed E-state index contributed by atoms with van der Waals surface area (Å²) in [4.78, 5) is 19.5. The van der Waals surface area contributed by atoms with Gasteiger partial charge in [0.25, 0.3) is 0 Å². The molecule has 1 aliphatic heterocycles. The van der Waals surface area contributed by atoms with E-state index in [0.29, 0.717) is 54.4 Å². The zero-order chi connectivity index (χ0) is 22.2. The van der Waals surface area contributed by atoms with Gasteiger partial charge in [0.2, 0.25) is 16.0 Å². The van der Waals surface area contributed by atoms with E-state index >= 15 is 0 Å². The summed E-state index contributed by atoms with van der Waals surface area (Å²) in [7, 11) is -1.62. The molecule has 12 heteroatoms. The fraction of sp³-hybridized carbons (Fsp3) is 0.368. The maximum Gasteiger partial charge on any atom is 0.226 e. The van der Waals surface area contributed by atoms with Gasteiger partial charge in [-0.2, -0.15) is 0 Å². The van der Waals surface area contributed by atoms with Gasteiger partial charge < -0.3 is 10.2 Å². The van der Waals surface area contributed by atoms with Crippen LogP contribution in [0.15, 0.2) is 30.7 Å². The highest BCUT2D eigenvalue weighted by Crippen LogP contribution is 2.27. The molecule has 1 aromatic carbocycles. The third kappa shape index (κ3) is 4.68. The number of benzene rings is 1. The van der Waals surface area contributed by atoms with Crippen LogP contribution in [0, 0.1) is 5.82 Å². The van der Waals surface area contributed by atoms with Crippen LogP contribution in [0.3, 0.4) is 0 Å². The third-order valence-electron chi connectivity index (χ3n) is 5.33. The molecule has 3 heterocycles. The van der Waals surface area contributed by atoms with E-state index in [4.69, 9.17) is 11.6 Å². The molecule has 9 nitrogen and oxygen atoms in total. The van der Waals surface area contributed by atoms with Crippen molar-refractivity contribution in [1.29, 1.82) is 0 Å². The zero-order valence-corrected chi connectivity index (χ0v) is 18.5. The summed E-state index contributed by atoms with van der Waals surface area (Å²) in [5.41, 5.74) is 1.64. The molecule has 3 aromatic rings. The topological polar surface area (TPSA) is 104 Å². The monoisotopic (exact) mass is 465 g/mol. The Bertz CT molecular complexity index is 1220. The number of sulfonamides is 1. The highest BCUT2D eigenvalue weighted by Gasteiger charge is 2.28. The molecular formula is C19H21ClFN7O2S. The van der Waals surface area contributed by atoms with Crippen LogP contribution < -0.4 is 10.2 Å². The maximum atomic E-state index is 13.4. The van der Waals surface area contributed by atoms with Crippen molar-refractivity contribution in [3.05, 3.63) is 41.6 Å². The largest absolute Gasteiger partial charge is 0.341 e. The quantitative estimate of drug-likeness (QED) is 0.613. The smallest absolute Gasteiger partial charge is 0.226 e. The number of hydrogen-bond acceptors (Lipinski definition) is 8. The number of halogens is 2. The van der Waals surface area contributed by atoms with Crippen molar-refractivity contribution in [1.82, 2.24) is 24.2 Å². The van der Waals surface area contributed by atoms with Crippen molar-refractivity contribution in [3.8, 4) is 0 Å². The Kier molecular flexibility index (Phi) is 5.91. The predicted molar refractivity (Wildman–Crippen MR) is 118 cm³/mol. The Morgan fingerprint density at radius 2 is 1.97 bits per heavy atom. The molecule has 1 fully saturated rings. The Morgan fingerprint density at radius 3 is 2.65 bits per heavy atom. The molecule has 0 atom stereocenters. The molecule has 0 saturated carbocycles. The molecule has 0 amide bonds. The van der Waals surface area contributed by atoms with Gasteiger partial charge >= 0.3 is 0 Å². The summed E-state index contributed by atoms with van der Waals surface area (Å²) in [6.07, 6.45) is 5.59. The second kappa shape index (κ2) is 8.48. The van der Waals surface area contributed by atoms with Gasteiger partial charge in [-0.15, -0.1) is 0 Å². The molecule has 0 bridgehead atoms. The first kappa shape index (κ1) is 21.6. The van der Waals surface area contributed by atoms with E-state index in [2.05, 4.69) is 25.3 Å². The van der Waals surface area contributed by atoms with Crippen molar-refractivity contribution in [2.24, 2.45) is 0 Å². The number of aromatic nitrogens is 4. The van der Waals surface area contributed by atoms with Gasteiger partial charge in [-0.05, 0) is 31.0 Å². The van der Waals surface area contributed by atoms with Gasteiger partial charge in [0.1, 0.15) is 23.2 Å². The highest BCUT2D eigenvalue weighted by molar-refractivity contribution is 7.88. The summed E-state index contributed by atoms with van der Waals surface area (Å²) in [6.45, 7) is 1.25. The molecule has 4 rings (SSSR count). The molecule has 0 radical (unpaired) electrons. The molecule has 1 N–H and O–H groups in total. The van der Waals surface area contributed by atoms with E-state index in [0.717, 1.165) is 0 Å². The Morgan fingerprint density at radius 1 is 1.23 bits per heavy atom. The summed E-state index contributed by atoms with van der Waals surface area (Å²) in [5.74, 6) is 0.459. The number of hydrogen-bond donors (Lipinski definition) is 1. The van der Waals surface area contributed by atoms with Crippen molar-refractivity contribution in [3.63, 3.8) is 0 Å². The lowest BCUT2D eigenvalue weighted by atomic mass is 10.1. The van der Waals surface area contributed by atoms with Crippen molar-refractivity contribution < 1.29 is 12.8 Å². The van der Waals surface area contributed by atoms with Crippen LogP contribution in [0.4, 0.5) is 21.8 Å². The van der Waals surface area contributed by atoms with Gasteiger partial charge in [-0.25, -0.2) is 37.0 Å². The Labute approximate surface area is 184 Å². The number of rotatable bonds is 5. The van der Waals surface area contributed by atoms with Gasteiger partial charge in [-0.3, -0.25) is 0 Å². The van der Waals surface area contributed by atoms with Crippen molar-refractivity contribution in [2.75, 3.05) is 36.6 Å².